The zero-order valence-electron chi connectivity index (χ0n) is 16.0. The monoisotopic (exact) mass is 340 g/mol. The SMILES string of the molecule is CCCCC(CC)COC(=O)C1CCCCC1C(=O)OCC(C)C. The molecule has 0 amide bonds. The third-order valence-electron chi connectivity index (χ3n) is 4.93. The molecule has 1 aliphatic carbocycles. The van der Waals surface area contributed by atoms with Crippen LogP contribution in [0.25, 0.3) is 0 Å². The van der Waals surface area contributed by atoms with Crippen molar-refractivity contribution in [2.24, 2.45) is 23.7 Å². The van der Waals surface area contributed by atoms with Crippen molar-refractivity contribution in [1.29, 1.82) is 0 Å². The third kappa shape index (κ3) is 7.23. The molecule has 0 saturated heterocycles. The van der Waals surface area contributed by atoms with Gasteiger partial charge in [-0.15, -0.1) is 0 Å². The van der Waals surface area contributed by atoms with Gasteiger partial charge in [-0.3, -0.25) is 9.59 Å². The van der Waals surface area contributed by atoms with Gasteiger partial charge in [0.05, 0.1) is 25.0 Å². The zero-order valence-corrected chi connectivity index (χ0v) is 16.0. The summed E-state index contributed by atoms with van der Waals surface area (Å²) in [5, 5.41) is 0. The molecule has 0 aliphatic heterocycles. The number of carbonyl (C=O) groups excluding carboxylic acids is 2. The minimum Gasteiger partial charge on any atom is -0.465 e. The smallest absolute Gasteiger partial charge is 0.309 e. The van der Waals surface area contributed by atoms with Crippen LogP contribution in [0.3, 0.4) is 0 Å². The van der Waals surface area contributed by atoms with E-state index in [0.717, 1.165) is 44.9 Å². The molecule has 1 rings (SSSR count). The Kier molecular flexibility index (Phi) is 10.0. The van der Waals surface area contributed by atoms with Gasteiger partial charge >= 0.3 is 11.9 Å². The summed E-state index contributed by atoms with van der Waals surface area (Å²) in [6.45, 7) is 9.25. The first-order valence-electron chi connectivity index (χ1n) is 9.82. The van der Waals surface area contributed by atoms with Gasteiger partial charge in [0, 0.05) is 0 Å². The Morgan fingerprint density at radius 1 is 0.958 bits per heavy atom. The Morgan fingerprint density at radius 2 is 1.50 bits per heavy atom. The molecule has 0 spiro atoms. The van der Waals surface area contributed by atoms with Crippen molar-refractivity contribution in [3.63, 3.8) is 0 Å². The highest BCUT2D eigenvalue weighted by Gasteiger charge is 2.38. The molecule has 0 heterocycles. The molecular weight excluding hydrogens is 304 g/mol. The van der Waals surface area contributed by atoms with E-state index in [1.54, 1.807) is 0 Å². The number of ether oxygens (including phenoxy) is 2. The molecule has 3 atom stereocenters. The second-order valence-electron chi connectivity index (χ2n) is 7.57. The number of esters is 2. The fourth-order valence-electron chi connectivity index (χ4n) is 3.26. The minimum atomic E-state index is -0.319. The van der Waals surface area contributed by atoms with Crippen molar-refractivity contribution < 1.29 is 19.1 Å². The highest BCUT2D eigenvalue weighted by Crippen LogP contribution is 2.32. The molecule has 1 fully saturated rings. The molecule has 4 heteroatoms. The van der Waals surface area contributed by atoms with Gasteiger partial charge < -0.3 is 9.47 Å². The maximum atomic E-state index is 12.5. The normalized spacial score (nSPS) is 22.2. The minimum absolute atomic E-state index is 0.198. The van der Waals surface area contributed by atoms with E-state index in [2.05, 4.69) is 13.8 Å². The van der Waals surface area contributed by atoms with Crippen LogP contribution in [0, 0.1) is 23.7 Å². The van der Waals surface area contributed by atoms with Crippen LogP contribution < -0.4 is 0 Å². The lowest BCUT2D eigenvalue weighted by Gasteiger charge is -2.29. The van der Waals surface area contributed by atoms with Crippen LogP contribution in [0.1, 0.15) is 79.1 Å². The maximum absolute atomic E-state index is 12.5. The van der Waals surface area contributed by atoms with Crippen molar-refractivity contribution in [2.45, 2.75) is 79.1 Å². The third-order valence-corrected chi connectivity index (χ3v) is 4.93. The van der Waals surface area contributed by atoms with Gasteiger partial charge in [0.25, 0.3) is 0 Å². The van der Waals surface area contributed by atoms with Crippen LogP contribution in [-0.4, -0.2) is 25.2 Å². The number of hydrogen-bond donors (Lipinski definition) is 0. The second-order valence-corrected chi connectivity index (χ2v) is 7.57. The van der Waals surface area contributed by atoms with Crippen molar-refractivity contribution in [2.75, 3.05) is 13.2 Å². The van der Waals surface area contributed by atoms with Gasteiger partial charge in [0.1, 0.15) is 0 Å². The highest BCUT2D eigenvalue weighted by molar-refractivity contribution is 5.82. The molecule has 0 bridgehead atoms. The van der Waals surface area contributed by atoms with E-state index >= 15 is 0 Å². The predicted octanol–water partition coefficient (Wildman–Crippen LogP) is 4.75. The van der Waals surface area contributed by atoms with E-state index in [0.29, 0.717) is 25.0 Å². The molecule has 0 N–H and O–H groups in total. The lowest BCUT2D eigenvalue weighted by Crippen LogP contribution is -2.36. The summed E-state index contributed by atoms with van der Waals surface area (Å²) >= 11 is 0. The van der Waals surface area contributed by atoms with Gasteiger partial charge in [-0.05, 0) is 31.1 Å². The summed E-state index contributed by atoms with van der Waals surface area (Å²) in [4.78, 5) is 24.8. The van der Waals surface area contributed by atoms with E-state index in [-0.39, 0.29) is 23.8 Å². The lowest BCUT2D eigenvalue weighted by molar-refractivity contribution is -0.164. The molecule has 140 valence electrons. The maximum Gasteiger partial charge on any atom is 0.309 e. The molecule has 1 aliphatic rings. The van der Waals surface area contributed by atoms with E-state index in [9.17, 15) is 9.59 Å². The molecule has 0 radical (unpaired) electrons. The number of hydrogen-bond acceptors (Lipinski definition) is 4. The first-order chi connectivity index (χ1) is 11.5. The largest absolute Gasteiger partial charge is 0.465 e. The average Bonchev–Trinajstić information content (AvgIpc) is 2.59. The first-order valence-corrected chi connectivity index (χ1v) is 9.82. The van der Waals surface area contributed by atoms with Crippen molar-refractivity contribution >= 4 is 11.9 Å². The second kappa shape index (κ2) is 11.5. The van der Waals surface area contributed by atoms with Crippen molar-refractivity contribution in [1.82, 2.24) is 0 Å². The van der Waals surface area contributed by atoms with Crippen LogP contribution >= 0.6 is 0 Å². The topological polar surface area (TPSA) is 52.6 Å². The average molecular weight is 341 g/mol. The molecule has 24 heavy (non-hydrogen) atoms. The van der Waals surface area contributed by atoms with Crippen LogP contribution in [0.2, 0.25) is 0 Å². The first kappa shape index (κ1) is 21.0. The Morgan fingerprint density at radius 3 is 1.96 bits per heavy atom. The van der Waals surface area contributed by atoms with E-state index in [1.807, 2.05) is 13.8 Å². The fourth-order valence-corrected chi connectivity index (χ4v) is 3.26. The molecule has 3 unspecified atom stereocenters. The summed E-state index contributed by atoms with van der Waals surface area (Å²) < 4.78 is 11.0. The van der Waals surface area contributed by atoms with Crippen molar-refractivity contribution in [3.05, 3.63) is 0 Å². The Hall–Kier alpha value is -1.06. The Balaban J connectivity index is 2.53. The summed E-state index contributed by atoms with van der Waals surface area (Å²) in [5.74, 6) is -0.307. The summed E-state index contributed by atoms with van der Waals surface area (Å²) in [6.07, 6.45) is 7.92. The molecule has 0 aromatic rings. The number of unbranched alkanes of at least 4 members (excludes halogenated alkanes) is 1. The van der Waals surface area contributed by atoms with Gasteiger partial charge in [0.15, 0.2) is 0 Å². The van der Waals surface area contributed by atoms with Crippen LogP contribution in [0.15, 0.2) is 0 Å². The lowest BCUT2D eigenvalue weighted by atomic mass is 9.79. The van der Waals surface area contributed by atoms with E-state index in [1.165, 1.54) is 6.42 Å². The summed E-state index contributed by atoms with van der Waals surface area (Å²) in [7, 11) is 0. The molecule has 1 saturated carbocycles. The summed E-state index contributed by atoms with van der Waals surface area (Å²) in [5.41, 5.74) is 0. The highest BCUT2D eigenvalue weighted by atomic mass is 16.5. The van der Waals surface area contributed by atoms with E-state index < -0.39 is 0 Å². The zero-order chi connectivity index (χ0) is 17.9. The molecule has 0 aromatic heterocycles. The molecular formula is C20H36O4. The van der Waals surface area contributed by atoms with Gasteiger partial charge in [-0.1, -0.05) is 59.8 Å². The molecule has 0 aromatic carbocycles. The van der Waals surface area contributed by atoms with E-state index in [4.69, 9.17) is 9.47 Å². The van der Waals surface area contributed by atoms with Crippen LogP contribution in [-0.2, 0) is 19.1 Å². The number of carbonyl (C=O) groups is 2. The van der Waals surface area contributed by atoms with Crippen LogP contribution in [0.4, 0.5) is 0 Å². The van der Waals surface area contributed by atoms with Crippen molar-refractivity contribution in [3.8, 4) is 0 Å². The summed E-state index contributed by atoms with van der Waals surface area (Å²) in [6, 6.07) is 0. The number of rotatable bonds is 10. The fraction of sp³-hybridized carbons (Fsp3) is 0.900. The standard InChI is InChI=1S/C20H36O4/c1-5-7-10-16(6-2)14-24-20(22)18-12-9-8-11-17(18)19(21)23-13-15(3)4/h15-18H,5-14H2,1-4H3. The van der Waals surface area contributed by atoms with Gasteiger partial charge in [-0.25, -0.2) is 0 Å². The van der Waals surface area contributed by atoms with Crippen LogP contribution in [0.5, 0.6) is 0 Å². The Bertz CT molecular complexity index is 378. The quantitative estimate of drug-likeness (QED) is 0.538. The van der Waals surface area contributed by atoms with Gasteiger partial charge in [-0.2, -0.15) is 0 Å². The Labute approximate surface area is 147 Å². The van der Waals surface area contributed by atoms with Gasteiger partial charge in [0.2, 0.25) is 0 Å². The predicted molar refractivity (Wildman–Crippen MR) is 95.5 cm³/mol. The molecule has 4 nitrogen and oxygen atoms in total.